The topological polar surface area (TPSA) is 39.9 Å². The summed E-state index contributed by atoms with van der Waals surface area (Å²) >= 11 is 3.41. The minimum Gasteiger partial charge on any atom is -0.370 e. The second kappa shape index (κ2) is 5.65. The van der Waals surface area contributed by atoms with Gasteiger partial charge in [-0.15, -0.1) is 0 Å². The molecular weight excluding hydrogens is 290 g/mol. The number of pyridine rings is 1. The molecule has 18 heavy (non-hydrogen) atoms. The van der Waals surface area contributed by atoms with Gasteiger partial charge >= 0.3 is 0 Å². The van der Waals surface area contributed by atoms with Crippen molar-refractivity contribution in [3.63, 3.8) is 0 Å². The lowest BCUT2D eigenvalue weighted by Crippen LogP contribution is -2.16. The van der Waals surface area contributed by atoms with E-state index >= 15 is 0 Å². The lowest BCUT2D eigenvalue weighted by molar-refractivity contribution is 0.914. The van der Waals surface area contributed by atoms with E-state index in [4.69, 9.17) is 5.26 Å². The number of hydrogen-bond acceptors (Lipinski definition) is 3. The van der Waals surface area contributed by atoms with E-state index < -0.39 is 0 Å². The third kappa shape index (κ3) is 3.08. The maximum absolute atomic E-state index is 8.76. The van der Waals surface area contributed by atoms with Crippen LogP contribution in [-0.2, 0) is 6.54 Å². The van der Waals surface area contributed by atoms with E-state index in [9.17, 15) is 0 Å². The van der Waals surface area contributed by atoms with Gasteiger partial charge < -0.3 is 4.90 Å². The predicted octanol–water partition coefficient (Wildman–Crippen LogP) is 3.35. The van der Waals surface area contributed by atoms with Gasteiger partial charge in [0.1, 0.15) is 0 Å². The van der Waals surface area contributed by atoms with Crippen molar-refractivity contribution in [2.75, 3.05) is 11.9 Å². The first-order valence-electron chi connectivity index (χ1n) is 5.50. The number of halogens is 1. The van der Waals surface area contributed by atoms with Gasteiger partial charge in [0.05, 0.1) is 11.6 Å². The van der Waals surface area contributed by atoms with Crippen molar-refractivity contribution in [1.29, 1.82) is 5.26 Å². The van der Waals surface area contributed by atoms with Crippen LogP contribution in [0.1, 0.15) is 11.1 Å². The highest BCUT2D eigenvalue weighted by molar-refractivity contribution is 9.10. The van der Waals surface area contributed by atoms with Crippen molar-refractivity contribution in [1.82, 2.24) is 4.98 Å². The van der Waals surface area contributed by atoms with E-state index in [1.807, 2.05) is 43.6 Å². The quantitative estimate of drug-likeness (QED) is 0.873. The van der Waals surface area contributed by atoms with Gasteiger partial charge in [-0.2, -0.15) is 5.26 Å². The number of nitrogens with zero attached hydrogens (tertiary/aromatic N) is 3. The molecule has 1 aromatic carbocycles. The van der Waals surface area contributed by atoms with Gasteiger partial charge in [0.25, 0.3) is 0 Å². The van der Waals surface area contributed by atoms with Crippen LogP contribution in [0, 0.1) is 11.3 Å². The molecule has 2 aromatic rings. The fraction of sp³-hybridized carbons (Fsp3) is 0.143. The van der Waals surface area contributed by atoms with Gasteiger partial charge in [-0.1, -0.05) is 0 Å². The Morgan fingerprint density at radius 2 is 2.00 bits per heavy atom. The van der Waals surface area contributed by atoms with Crippen molar-refractivity contribution in [3.05, 3.63) is 58.3 Å². The fourth-order valence-electron chi connectivity index (χ4n) is 1.70. The molecule has 1 heterocycles. The summed E-state index contributed by atoms with van der Waals surface area (Å²) in [6.45, 7) is 0.776. The zero-order chi connectivity index (χ0) is 13.0. The molecule has 0 spiro atoms. The molecule has 3 nitrogen and oxygen atoms in total. The Bertz CT molecular complexity index is 572. The van der Waals surface area contributed by atoms with Crippen LogP contribution >= 0.6 is 15.9 Å². The van der Waals surface area contributed by atoms with Crippen LogP contribution < -0.4 is 4.90 Å². The number of benzene rings is 1. The number of aromatic nitrogens is 1. The molecule has 0 radical (unpaired) electrons. The monoisotopic (exact) mass is 301 g/mol. The van der Waals surface area contributed by atoms with Gasteiger partial charge in [-0.3, -0.25) is 4.98 Å². The van der Waals surface area contributed by atoms with Crippen LogP contribution in [0.4, 0.5) is 5.69 Å². The highest BCUT2D eigenvalue weighted by Gasteiger charge is 2.03. The second-order valence-electron chi connectivity index (χ2n) is 4.03. The number of anilines is 1. The van der Waals surface area contributed by atoms with Crippen molar-refractivity contribution >= 4 is 21.6 Å². The molecule has 0 saturated carbocycles. The molecule has 0 saturated heterocycles. The molecular formula is C14H12BrN3. The SMILES string of the molecule is CN(Cc1cncc(Br)c1)c1ccc(C#N)cc1. The summed E-state index contributed by atoms with van der Waals surface area (Å²) in [5.41, 5.74) is 2.89. The smallest absolute Gasteiger partial charge is 0.0991 e. The van der Waals surface area contributed by atoms with E-state index in [1.165, 1.54) is 0 Å². The molecule has 0 aliphatic heterocycles. The van der Waals surface area contributed by atoms with E-state index in [1.54, 1.807) is 6.20 Å². The van der Waals surface area contributed by atoms with Crippen molar-refractivity contribution in [2.24, 2.45) is 0 Å². The molecule has 0 unspecified atom stereocenters. The number of hydrogen-bond donors (Lipinski definition) is 0. The van der Waals surface area contributed by atoms with Gasteiger partial charge in [0.15, 0.2) is 0 Å². The minimum atomic E-state index is 0.677. The maximum Gasteiger partial charge on any atom is 0.0991 e. The first-order chi connectivity index (χ1) is 8.69. The standard InChI is InChI=1S/C14H12BrN3/c1-18(10-12-6-13(15)9-17-8-12)14-4-2-11(7-16)3-5-14/h2-6,8-9H,10H2,1H3. The summed E-state index contributed by atoms with van der Waals surface area (Å²) in [7, 11) is 2.02. The van der Waals surface area contributed by atoms with Crippen LogP contribution in [0.15, 0.2) is 47.2 Å². The van der Waals surface area contributed by atoms with Gasteiger partial charge in [-0.25, -0.2) is 0 Å². The van der Waals surface area contributed by atoms with Gasteiger partial charge in [0.2, 0.25) is 0 Å². The third-order valence-electron chi connectivity index (χ3n) is 2.62. The maximum atomic E-state index is 8.76. The third-order valence-corrected chi connectivity index (χ3v) is 3.05. The Morgan fingerprint density at radius 3 is 2.61 bits per heavy atom. The Balaban J connectivity index is 2.12. The molecule has 0 amide bonds. The number of nitriles is 1. The lowest BCUT2D eigenvalue weighted by Gasteiger charge is -2.19. The van der Waals surface area contributed by atoms with Crippen molar-refractivity contribution in [3.8, 4) is 6.07 Å². The normalized spacial score (nSPS) is 9.83. The lowest BCUT2D eigenvalue weighted by atomic mass is 10.2. The zero-order valence-electron chi connectivity index (χ0n) is 9.97. The zero-order valence-corrected chi connectivity index (χ0v) is 11.6. The number of rotatable bonds is 3. The molecule has 0 atom stereocenters. The van der Waals surface area contributed by atoms with Gasteiger partial charge in [0, 0.05) is 36.1 Å². The molecule has 0 fully saturated rings. The van der Waals surface area contributed by atoms with Crippen LogP contribution in [0.3, 0.4) is 0 Å². The van der Waals surface area contributed by atoms with Gasteiger partial charge in [-0.05, 0) is 51.8 Å². The minimum absolute atomic E-state index is 0.677. The highest BCUT2D eigenvalue weighted by Crippen LogP contribution is 2.17. The van der Waals surface area contributed by atoms with E-state index in [2.05, 4.69) is 31.9 Å². The molecule has 0 aliphatic rings. The fourth-order valence-corrected chi connectivity index (χ4v) is 2.11. The Labute approximate surface area is 115 Å². The molecule has 2 rings (SSSR count). The summed E-state index contributed by atoms with van der Waals surface area (Å²) < 4.78 is 0.980. The van der Waals surface area contributed by atoms with Crippen LogP contribution in [0.25, 0.3) is 0 Å². The second-order valence-corrected chi connectivity index (χ2v) is 4.94. The first kappa shape index (κ1) is 12.6. The summed E-state index contributed by atoms with van der Waals surface area (Å²) in [6, 6.07) is 11.7. The summed E-state index contributed by atoms with van der Waals surface area (Å²) in [4.78, 5) is 6.26. The average molecular weight is 302 g/mol. The molecule has 0 bridgehead atoms. The Hall–Kier alpha value is -1.86. The molecule has 1 aromatic heterocycles. The first-order valence-corrected chi connectivity index (χ1v) is 6.29. The van der Waals surface area contributed by atoms with Crippen molar-refractivity contribution in [2.45, 2.75) is 6.54 Å². The largest absolute Gasteiger partial charge is 0.370 e. The Kier molecular flexibility index (Phi) is 3.96. The van der Waals surface area contributed by atoms with E-state index in [0.717, 1.165) is 22.3 Å². The van der Waals surface area contributed by atoms with Crippen LogP contribution in [-0.4, -0.2) is 12.0 Å². The summed E-state index contributed by atoms with van der Waals surface area (Å²) in [6.07, 6.45) is 3.62. The predicted molar refractivity (Wildman–Crippen MR) is 75.2 cm³/mol. The molecule has 90 valence electrons. The Morgan fingerprint density at radius 1 is 1.28 bits per heavy atom. The molecule has 4 heteroatoms. The summed E-state index contributed by atoms with van der Waals surface area (Å²) in [5.74, 6) is 0. The molecule has 0 aliphatic carbocycles. The van der Waals surface area contributed by atoms with Crippen molar-refractivity contribution < 1.29 is 0 Å². The van der Waals surface area contributed by atoms with Crippen LogP contribution in [0.5, 0.6) is 0 Å². The summed E-state index contributed by atoms with van der Waals surface area (Å²) in [5, 5.41) is 8.76. The van der Waals surface area contributed by atoms with E-state index in [0.29, 0.717) is 5.56 Å². The van der Waals surface area contributed by atoms with E-state index in [-0.39, 0.29) is 0 Å². The molecule has 0 N–H and O–H groups in total. The van der Waals surface area contributed by atoms with Crippen LogP contribution in [0.2, 0.25) is 0 Å². The highest BCUT2D eigenvalue weighted by atomic mass is 79.9. The average Bonchev–Trinajstić information content (AvgIpc) is 2.39.